The molecule has 0 bridgehead atoms. The molecule has 0 unspecified atom stereocenters. The number of fused-ring (bicyclic) bond motifs is 1. The van der Waals surface area contributed by atoms with Crippen LogP contribution in [0.5, 0.6) is 0 Å². The van der Waals surface area contributed by atoms with Gasteiger partial charge in [-0.1, -0.05) is 24.3 Å². The summed E-state index contributed by atoms with van der Waals surface area (Å²) < 4.78 is 0. The largest absolute Gasteiger partial charge is 0.375 e. The second-order valence-electron chi connectivity index (χ2n) is 3.46. The average molecular weight is 229 g/mol. The minimum atomic E-state index is -0.440. The van der Waals surface area contributed by atoms with E-state index in [9.17, 15) is 10.1 Å². The van der Waals surface area contributed by atoms with Gasteiger partial charge in [-0.15, -0.1) is 6.58 Å². The number of hydrogen-bond donors (Lipinski definition) is 1. The van der Waals surface area contributed by atoms with Crippen LogP contribution in [0, 0.1) is 10.1 Å². The molecule has 0 aliphatic heterocycles. The lowest BCUT2D eigenvalue weighted by Gasteiger charge is -2.07. The highest BCUT2D eigenvalue weighted by Gasteiger charge is 2.16. The van der Waals surface area contributed by atoms with Crippen LogP contribution < -0.4 is 5.32 Å². The summed E-state index contributed by atoms with van der Waals surface area (Å²) >= 11 is 0. The SMILES string of the molecule is C=CCNc1c([N+](=O)[O-])cnc2ccccc12. The fourth-order valence-corrected chi connectivity index (χ4v) is 1.63. The summed E-state index contributed by atoms with van der Waals surface area (Å²) in [5.74, 6) is 0. The molecule has 0 saturated heterocycles. The molecule has 17 heavy (non-hydrogen) atoms. The van der Waals surface area contributed by atoms with Crippen molar-refractivity contribution in [2.24, 2.45) is 0 Å². The van der Waals surface area contributed by atoms with E-state index in [2.05, 4.69) is 16.9 Å². The lowest BCUT2D eigenvalue weighted by molar-refractivity contribution is -0.384. The zero-order valence-electron chi connectivity index (χ0n) is 9.09. The topological polar surface area (TPSA) is 68.1 Å². The fourth-order valence-electron chi connectivity index (χ4n) is 1.63. The summed E-state index contributed by atoms with van der Waals surface area (Å²) in [6.07, 6.45) is 2.92. The number of nitrogens with zero attached hydrogens (tertiary/aromatic N) is 2. The van der Waals surface area contributed by atoms with Crippen molar-refractivity contribution in [2.45, 2.75) is 0 Å². The number of para-hydroxylation sites is 1. The van der Waals surface area contributed by atoms with Gasteiger partial charge in [0.05, 0.1) is 10.4 Å². The molecule has 86 valence electrons. The first-order chi connectivity index (χ1) is 8.24. The lowest BCUT2D eigenvalue weighted by Crippen LogP contribution is -2.03. The number of benzene rings is 1. The molecule has 2 rings (SSSR count). The number of hydrogen-bond acceptors (Lipinski definition) is 4. The third-order valence-corrected chi connectivity index (χ3v) is 2.38. The smallest absolute Gasteiger partial charge is 0.311 e. The Morgan fingerprint density at radius 2 is 2.24 bits per heavy atom. The molecule has 0 saturated carbocycles. The summed E-state index contributed by atoms with van der Waals surface area (Å²) in [6.45, 7) is 4.05. The highest BCUT2D eigenvalue weighted by molar-refractivity contribution is 5.95. The second kappa shape index (κ2) is 4.61. The van der Waals surface area contributed by atoms with Gasteiger partial charge in [-0.25, -0.2) is 4.98 Å². The summed E-state index contributed by atoms with van der Waals surface area (Å²) in [5, 5.41) is 14.7. The summed E-state index contributed by atoms with van der Waals surface area (Å²) in [5.41, 5.74) is 1.19. The summed E-state index contributed by atoms with van der Waals surface area (Å²) in [6, 6.07) is 7.30. The molecule has 0 aliphatic carbocycles. The van der Waals surface area contributed by atoms with Gasteiger partial charge in [0.1, 0.15) is 11.9 Å². The predicted molar refractivity (Wildman–Crippen MR) is 67.1 cm³/mol. The molecular formula is C12H11N3O2. The Hall–Kier alpha value is -2.43. The normalized spacial score (nSPS) is 10.1. The van der Waals surface area contributed by atoms with Gasteiger partial charge in [-0.3, -0.25) is 10.1 Å². The van der Waals surface area contributed by atoms with E-state index in [-0.39, 0.29) is 5.69 Å². The highest BCUT2D eigenvalue weighted by Crippen LogP contribution is 2.30. The van der Waals surface area contributed by atoms with Crippen LogP contribution in [0.4, 0.5) is 11.4 Å². The molecule has 1 heterocycles. The quantitative estimate of drug-likeness (QED) is 0.497. The Labute approximate surface area is 97.9 Å². The van der Waals surface area contributed by atoms with Crippen LogP contribution >= 0.6 is 0 Å². The van der Waals surface area contributed by atoms with E-state index < -0.39 is 4.92 Å². The number of aromatic nitrogens is 1. The van der Waals surface area contributed by atoms with Crippen LogP contribution in [0.25, 0.3) is 10.9 Å². The maximum Gasteiger partial charge on any atom is 0.311 e. The fraction of sp³-hybridized carbons (Fsp3) is 0.0833. The number of anilines is 1. The first-order valence-electron chi connectivity index (χ1n) is 5.11. The molecule has 0 amide bonds. The summed E-state index contributed by atoms with van der Waals surface area (Å²) in [4.78, 5) is 14.6. The van der Waals surface area contributed by atoms with E-state index in [0.29, 0.717) is 12.2 Å². The molecule has 0 atom stereocenters. The number of pyridine rings is 1. The zero-order chi connectivity index (χ0) is 12.3. The van der Waals surface area contributed by atoms with Gasteiger partial charge in [-0.2, -0.15) is 0 Å². The molecule has 1 N–H and O–H groups in total. The van der Waals surface area contributed by atoms with E-state index >= 15 is 0 Å². The van der Waals surface area contributed by atoms with Gasteiger partial charge in [0.2, 0.25) is 0 Å². The minimum absolute atomic E-state index is 0.0226. The Kier molecular flexibility index (Phi) is 3.00. The minimum Gasteiger partial charge on any atom is -0.375 e. The first kappa shape index (κ1) is 11.1. The molecule has 0 radical (unpaired) electrons. The van der Waals surface area contributed by atoms with E-state index in [1.807, 2.05) is 18.2 Å². The van der Waals surface area contributed by atoms with E-state index in [0.717, 1.165) is 10.9 Å². The van der Waals surface area contributed by atoms with Crippen molar-refractivity contribution in [3.63, 3.8) is 0 Å². The standard InChI is InChI=1S/C12H11N3O2/c1-2-7-13-12-9-5-3-4-6-10(9)14-8-11(12)15(16)17/h2-6,8H,1,7H2,(H,13,14). The Morgan fingerprint density at radius 3 is 2.94 bits per heavy atom. The molecular weight excluding hydrogens is 218 g/mol. The van der Waals surface area contributed by atoms with Crippen molar-refractivity contribution >= 4 is 22.3 Å². The Morgan fingerprint density at radius 1 is 1.47 bits per heavy atom. The predicted octanol–water partition coefficient (Wildman–Crippen LogP) is 2.74. The van der Waals surface area contributed by atoms with Crippen molar-refractivity contribution in [3.05, 3.63) is 53.2 Å². The van der Waals surface area contributed by atoms with Crippen LogP contribution in [0.15, 0.2) is 43.1 Å². The lowest BCUT2D eigenvalue weighted by atomic mass is 10.1. The Balaban J connectivity index is 2.65. The van der Waals surface area contributed by atoms with Gasteiger partial charge in [-0.05, 0) is 6.07 Å². The maximum atomic E-state index is 10.9. The molecule has 0 aliphatic rings. The van der Waals surface area contributed by atoms with Crippen LogP contribution in [-0.4, -0.2) is 16.5 Å². The van der Waals surface area contributed by atoms with Crippen LogP contribution in [0.1, 0.15) is 0 Å². The Bertz CT molecular complexity index is 581. The molecule has 1 aromatic carbocycles. The van der Waals surface area contributed by atoms with Crippen molar-refractivity contribution < 1.29 is 4.92 Å². The molecule has 5 nitrogen and oxygen atoms in total. The van der Waals surface area contributed by atoms with E-state index in [1.54, 1.807) is 12.1 Å². The average Bonchev–Trinajstić information content (AvgIpc) is 2.35. The van der Waals surface area contributed by atoms with E-state index in [4.69, 9.17) is 0 Å². The van der Waals surface area contributed by atoms with Crippen LogP contribution in [0.2, 0.25) is 0 Å². The molecule has 2 aromatic rings. The molecule has 1 aromatic heterocycles. The van der Waals surface area contributed by atoms with Gasteiger partial charge < -0.3 is 5.32 Å². The third-order valence-electron chi connectivity index (χ3n) is 2.38. The van der Waals surface area contributed by atoms with Crippen molar-refractivity contribution in [2.75, 3.05) is 11.9 Å². The van der Waals surface area contributed by atoms with Gasteiger partial charge in [0.15, 0.2) is 0 Å². The summed E-state index contributed by atoms with van der Waals surface area (Å²) in [7, 11) is 0. The number of nitrogens with one attached hydrogen (secondary N) is 1. The van der Waals surface area contributed by atoms with Crippen molar-refractivity contribution in [3.8, 4) is 0 Å². The van der Waals surface area contributed by atoms with Gasteiger partial charge in [0, 0.05) is 11.9 Å². The van der Waals surface area contributed by atoms with Crippen molar-refractivity contribution in [1.29, 1.82) is 0 Å². The first-order valence-corrected chi connectivity index (χ1v) is 5.11. The number of nitro groups is 1. The van der Waals surface area contributed by atoms with Crippen LogP contribution in [-0.2, 0) is 0 Å². The zero-order valence-corrected chi connectivity index (χ0v) is 9.09. The molecule has 5 heteroatoms. The number of rotatable bonds is 4. The highest BCUT2D eigenvalue weighted by atomic mass is 16.6. The monoisotopic (exact) mass is 229 g/mol. The molecule has 0 spiro atoms. The van der Waals surface area contributed by atoms with Crippen LogP contribution in [0.3, 0.4) is 0 Å². The van der Waals surface area contributed by atoms with Crippen molar-refractivity contribution in [1.82, 2.24) is 4.98 Å². The third kappa shape index (κ3) is 2.08. The van der Waals surface area contributed by atoms with Gasteiger partial charge in [0.25, 0.3) is 0 Å². The maximum absolute atomic E-state index is 10.9. The van der Waals surface area contributed by atoms with E-state index in [1.165, 1.54) is 6.20 Å². The second-order valence-corrected chi connectivity index (χ2v) is 3.46. The van der Waals surface area contributed by atoms with Gasteiger partial charge >= 0.3 is 5.69 Å². The molecule has 0 fully saturated rings.